The zero-order valence-electron chi connectivity index (χ0n) is 8.27. The summed E-state index contributed by atoms with van der Waals surface area (Å²) in [5, 5.41) is 0. The molecular formula is C11H22. The first-order valence-electron chi connectivity index (χ1n) is 5.18. The lowest BCUT2D eigenvalue weighted by Gasteiger charge is -2.27. The second-order valence-electron chi connectivity index (χ2n) is 4.77. The third-order valence-electron chi connectivity index (χ3n) is 2.85. The second kappa shape index (κ2) is 4.13. The van der Waals surface area contributed by atoms with Gasteiger partial charge in [0.15, 0.2) is 0 Å². The summed E-state index contributed by atoms with van der Waals surface area (Å²) in [5.74, 6) is 2.97. The van der Waals surface area contributed by atoms with E-state index in [1.807, 2.05) is 0 Å². The summed E-state index contributed by atoms with van der Waals surface area (Å²) < 4.78 is 0. The summed E-state index contributed by atoms with van der Waals surface area (Å²) in [5.41, 5.74) is 0. The zero-order chi connectivity index (χ0) is 8.27. The van der Waals surface area contributed by atoms with Crippen LogP contribution in [0.4, 0.5) is 0 Å². The van der Waals surface area contributed by atoms with E-state index >= 15 is 0 Å². The number of hydrogen-bond acceptors (Lipinski definition) is 0. The first-order chi connectivity index (χ1) is 5.18. The molecule has 0 aliphatic heterocycles. The molecule has 1 aliphatic carbocycles. The molecule has 1 aliphatic rings. The minimum atomic E-state index is 0.908. The van der Waals surface area contributed by atoms with Crippen molar-refractivity contribution in [1.29, 1.82) is 0 Å². The lowest BCUT2D eigenvalue weighted by atomic mass is 9.79. The van der Waals surface area contributed by atoms with Gasteiger partial charge < -0.3 is 0 Å². The van der Waals surface area contributed by atoms with E-state index in [1.54, 1.807) is 0 Å². The van der Waals surface area contributed by atoms with Crippen molar-refractivity contribution in [3.63, 3.8) is 0 Å². The molecule has 0 aromatic carbocycles. The molecule has 0 spiro atoms. The molecule has 0 nitrogen and oxygen atoms in total. The summed E-state index contributed by atoms with van der Waals surface area (Å²) in [4.78, 5) is 0. The van der Waals surface area contributed by atoms with Crippen molar-refractivity contribution in [3.05, 3.63) is 0 Å². The highest BCUT2D eigenvalue weighted by Gasteiger charge is 2.19. The summed E-state index contributed by atoms with van der Waals surface area (Å²) in [6, 6.07) is 0. The largest absolute Gasteiger partial charge is 0.0628 e. The first kappa shape index (κ1) is 9.09. The van der Waals surface area contributed by atoms with Crippen LogP contribution >= 0.6 is 0 Å². The van der Waals surface area contributed by atoms with Gasteiger partial charge in [-0.05, 0) is 30.6 Å². The van der Waals surface area contributed by atoms with Crippen molar-refractivity contribution in [3.8, 4) is 0 Å². The summed E-state index contributed by atoms with van der Waals surface area (Å²) in [6.45, 7) is 7.10. The van der Waals surface area contributed by atoms with Gasteiger partial charge in [-0.3, -0.25) is 0 Å². The monoisotopic (exact) mass is 154 g/mol. The van der Waals surface area contributed by atoms with Crippen LogP contribution in [0.1, 0.15) is 52.9 Å². The molecule has 1 rings (SSSR count). The van der Waals surface area contributed by atoms with E-state index in [-0.39, 0.29) is 0 Å². The maximum atomic E-state index is 2.41. The van der Waals surface area contributed by atoms with Gasteiger partial charge in [0.2, 0.25) is 0 Å². The predicted molar refractivity (Wildman–Crippen MR) is 50.6 cm³/mol. The fourth-order valence-corrected chi connectivity index (χ4v) is 2.44. The van der Waals surface area contributed by atoms with Crippen molar-refractivity contribution in [2.24, 2.45) is 17.8 Å². The molecule has 1 saturated carbocycles. The van der Waals surface area contributed by atoms with Gasteiger partial charge in [-0.1, -0.05) is 40.0 Å². The zero-order valence-corrected chi connectivity index (χ0v) is 8.27. The van der Waals surface area contributed by atoms with Crippen molar-refractivity contribution in [2.45, 2.75) is 52.9 Å². The van der Waals surface area contributed by atoms with Crippen LogP contribution in [0.2, 0.25) is 0 Å². The fraction of sp³-hybridized carbons (Fsp3) is 1.00. The molecule has 0 bridgehead atoms. The molecular weight excluding hydrogens is 132 g/mol. The highest BCUT2D eigenvalue weighted by Crippen LogP contribution is 2.32. The van der Waals surface area contributed by atoms with Crippen molar-refractivity contribution >= 4 is 0 Å². The van der Waals surface area contributed by atoms with Crippen molar-refractivity contribution in [1.82, 2.24) is 0 Å². The SMILES string of the molecule is CC(C)CC1CCC[C@@H](C)C1. The Hall–Kier alpha value is 0. The van der Waals surface area contributed by atoms with Crippen molar-refractivity contribution in [2.75, 3.05) is 0 Å². The highest BCUT2D eigenvalue weighted by molar-refractivity contribution is 4.71. The van der Waals surface area contributed by atoms with Gasteiger partial charge in [0, 0.05) is 0 Å². The summed E-state index contributed by atoms with van der Waals surface area (Å²) in [6.07, 6.45) is 7.43. The van der Waals surface area contributed by atoms with Crippen LogP contribution in [0.5, 0.6) is 0 Å². The molecule has 0 amide bonds. The molecule has 0 heterocycles. The maximum absolute atomic E-state index is 2.41. The van der Waals surface area contributed by atoms with Gasteiger partial charge in [0.05, 0.1) is 0 Å². The normalized spacial score (nSPS) is 32.7. The average molecular weight is 154 g/mol. The molecule has 2 atom stereocenters. The minimum absolute atomic E-state index is 0.908. The fourth-order valence-electron chi connectivity index (χ4n) is 2.44. The number of hydrogen-bond donors (Lipinski definition) is 0. The van der Waals surface area contributed by atoms with Crippen LogP contribution in [-0.2, 0) is 0 Å². The summed E-state index contributed by atoms with van der Waals surface area (Å²) in [7, 11) is 0. The van der Waals surface area contributed by atoms with Gasteiger partial charge in [-0.25, -0.2) is 0 Å². The van der Waals surface area contributed by atoms with Gasteiger partial charge in [0.1, 0.15) is 0 Å². The standard InChI is InChI=1S/C11H22/c1-9(2)7-11-6-4-5-10(3)8-11/h9-11H,4-8H2,1-3H3/t10-,11?/m1/s1. The first-order valence-corrected chi connectivity index (χ1v) is 5.18. The molecule has 0 N–H and O–H groups in total. The van der Waals surface area contributed by atoms with Crippen LogP contribution in [0.25, 0.3) is 0 Å². The van der Waals surface area contributed by atoms with E-state index in [4.69, 9.17) is 0 Å². The van der Waals surface area contributed by atoms with E-state index in [0.29, 0.717) is 0 Å². The Morgan fingerprint density at radius 2 is 2.00 bits per heavy atom. The van der Waals surface area contributed by atoms with E-state index in [2.05, 4.69) is 20.8 Å². The van der Waals surface area contributed by atoms with Crippen LogP contribution in [0, 0.1) is 17.8 Å². The molecule has 0 aromatic rings. The van der Waals surface area contributed by atoms with E-state index in [9.17, 15) is 0 Å². The molecule has 1 unspecified atom stereocenters. The van der Waals surface area contributed by atoms with Crippen LogP contribution in [-0.4, -0.2) is 0 Å². The quantitative estimate of drug-likeness (QED) is 0.566. The van der Waals surface area contributed by atoms with Crippen LogP contribution in [0.15, 0.2) is 0 Å². The molecule has 11 heavy (non-hydrogen) atoms. The van der Waals surface area contributed by atoms with Crippen LogP contribution in [0.3, 0.4) is 0 Å². The Balaban J connectivity index is 2.23. The average Bonchev–Trinajstić information content (AvgIpc) is 1.85. The predicted octanol–water partition coefficient (Wildman–Crippen LogP) is 3.86. The highest BCUT2D eigenvalue weighted by atomic mass is 14.2. The van der Waals surface area contributed by atoms with Crippen LogP contribution < -0.4 is 0 Å². The Labute approximate surface area is 71.4 Å². The van der Waals surface area contributed by atoms with Gasteiger partial charge in [-0.2, -0.15) is 0 Å². The topological polar surface area (TPSA) is 0 Å². The molecule has 0 radical (unpaired) electrons. The lowest BCUT2D eigenvalue weighted by Crippen LogP contribution is -2.14. The van der Waals surface area contributed by atoms with Gasteiger partial charge >= 0.3 is 0 Å². The molecule has 1 fully saturated rings. The smallest absolute Gasteiger partial charge is 0.0409 e. The third kappa shape index (κ3) is 3.27. The molecule has 0 saturated heterocycles. The maximum Gasteiger partial charge on any atom is -0.0409 e. The molecule has 0 heteroatoms. The van der Waals surface area contributed by atoms with E-state index in [1.165, 1.54) is 32.1 Å². The van der Waals surface area contributed by atoms with Gasteiger partial charge in [0.25, 0.3) is 0 Å². The Morgan fingerprint density at radius 3 is 2.55 bits per heavy atom. The Morgan fingerprint density at radius 1 is 1.27 bits per heavy atom. The second-order valence-corrected chi connectivity index (χ2v) is 4.77. The Bertz CT molecular complexity index is 103. The van der Waals surface area contributed by atoms with Crippen molar-refractivity contribution < 1.29 is 0 Å². The summed E-state index contributed by atoms with van der Waals surface area (Å²) >= 11 is 0. The molecule has 0 aromatic heterocycles. The number of rotatable bonds is 2. The third-order valence-corrected chi connectivity index (χ3v) is 2.85. The van der Waals surface area contributed by atoms with E-state index < -0.39 is 0 Å². The van der Waals surface area contributed by atoms with E-state index in [0.717, 1.165) is 17.8 Å². The Kier molecular flexibility index (Phi) is 3.42. The lowest BCUT2D eigenvalue weighted by molar-refractivity contribution is 0.248. The molecule has 66 valence electrons. The minimum Gasteiger partial charge on any atom is -0.0628 e. The van der Waals surface area contributed by atoms with Gasteiger partial charge in [-0.15, -0.1) is 0 Å².